The van der Waals surface area contributed by atoms with Crippen molar-refractivity contribution in [2.75, 3.05) is 19.9 Å². The summed E-state index contributed by atoms with van der Waals surface area (Å²) >= 11 is 0. The monoisotopic (exact) mass is 377 g/mol. The number of nitrogens with zero attached hydrogens (tertiary/aromatic N) is 1. The first kappa shape index (κ1) is 19.1. The molecular formula is C19H27N3O5. The molecule has 8 heteroatoms. The molecule has 0 bridgehead atoms. The summed E-state index contributed by atoms with van der Waals surface area (Å²) in [5.41, 5.74) is 0.397. The lowest BCUT2D eigenvalue weighted by atomic mass is 10.1. The lowest BCUT2D eigenvalue weighted by Crippen LogP contribution is -2.52. The molecule has 3 rings (SSSR count). The van der Waals surface area contributed by atoms with E-state index in [0.717, 1.165) is 24.2 Å². The fourth-order valence-corrected chi connectivity index (χ4v) is 3.09. The second kappa shape index (κ2) is 7.94. The Morgan fingerprint density at radius 1 is 1.26 bits per heavy atom. The number of amides is 3. The van der Waals surface area contributed by atoms with Gasteiger partial charge >= 0.3 is 12.1 Å². The summed E-state index contributed by atoms with van der Waals surface area (Å²) in [6, 6.07) is 5.35. The fraction of sp³-hybridized carbons (Fsp3) is 0.579. The number of alkyl carbamates (subject to hydrolysis) is 1. The minimum Gasteiger partial charge on any atom is -0.454 e. The van der Waals surface area contributed by atoms with Gasteiger partial charge in [0.1, 0.15) is 5.60 Å². The average molecular weight is 377 g/mol. The molecule has 0 spiro atoms. The normalized spacial score (nSPS) is 18.8. The molecule has 8 nitrogen and oxygen atoms in total. The van der Waals surface area contributed by atoms with Gasteiger partial charge in [-0.1, -0.05) is 6.07 Å². The van der Waals surface area contributed by atoms with Crippen LogP contribution in [-0.2, 0) is 11.3 Å². The summed E-state index contributed by atoms with van der Waals surface area (Å²) < 4.78 is 15.9. The van der Waals surface area contributed by atoms with Crippen molar-refractivity contribution in [2.24, 2.45) is 0 Å². The summed E-state index contributed by atoms with van der Waals surface area (Å²) in [6.45, 7) is 7.22. The Morgan fingerprint density at radius 2 is 2.04 bits per heavy atom. The maximum Gasteiger partial charge on any atom is 0.407 e. The Labute approximate surface area is 159 Å². The van der Waals surface area contributed by atoms with Crippen LogP contribution in [0.4, 0.5) is 9.59 Å². The van der Waals surface area contributed by atoms with Gasteiger partial charge in [0.15, 0.2) is 11.5 Å². The largest absolute Gasteiger partial charge is 0.454 e. The van der Waals surface area contributed by atoms with Crippen LogP contribution in [0.25, 0.3) is 0 Å². The van der Waals surface area contributed by atoms with Gasteiger partial charge in [-0.3, -0.25) is 0 Å². The summed E-state index contributed by atoms with van der Waals surface area (Å²) in [5.74, 6) is 1.42. The Balaban J connectivity index is 1.47. The molecule has 1 unspecified atom stereocenters. The van der Waals surface area contributed by atoms with Crippen LogP contribution in [0.5, 0.6) is 11.5 Å². The maximum absolute atomic E-state index is 12.5. The van der Waals surface area contributed by atoms with Gasteiger partial charge < -0.3 is 29.7 Å². The van der Waals surface area contributed by atoms with Crippen molar-refractivity contribution in [3.8, 4) is 11.5 Å². The highest BCUT2D eigenvalue weighted by atomic mass is 16.7. The molecule has 0 aliphatic carbocycles. The highest BCUT2D eigenvalue weighted by Gasteiger charge is 2.26. The summed E-state index contributed by atoms with van der Waals surface area (Å²) in [5, 5.41) is 5.77. The lowest BCUT2D eigenvalue weighted by molar-refractivity contribution is 0.0479. The van der Waals surface area contributed by atoms with Crippen molar-refractivity contribution in [3.05, 3.63) is 23.8 Å². The van der Waals surface area contributed by atoms with E-state index in [1.165, 1.54) is 0 Å². The van der Waals surface area contributed by atoms with Crippen LogP contribution in [0, 0.1) is 0 Å². The first-order valence-corrected chi connectivity index (χ1v) is 9.21. The van der Waals surface area contributed by atoms with Crippen molar-refractivity contribution < 1.29 is 23.8 Å². The Bertz CT molecular complexity index is 701. The third kappa shape index (κ3) is 5.42. The predicted molar refractivity (Wildman–Crippen MR) is 98.8 cm³/mol. The van der Waals surface area contributed by atoms with Crippen LogP contribution < -0.4 is 20.1 Å². The van der Waals surface area contributed by atoms with Crippen molar-refractivity contribution in [3.63, 3.8) is 0 Å². The third-order valence-corrected chi connectivity index (χ3v) is 4.31. The summed E-state index contributed by atoms with van der Waals surface area (Å²) in [4.78, 5) is 26.1. The predicted octanol–water partition coefficient (Wildman–Crippen LogP) is 2.61. The molecule has 1 atom stereocenters. The molecule has 2 N–H and O–H groups in total. The van der Waals surface area contributed by atoms with Gasteiger partial charge in [0.2, 0.25) is 6.79 Å². The fourth-order valence-electron chi connectivity index (χ4n) is 3.09. The number of fused-ring (bicyclic) bond motifs is 1. The van der Waals surface area contributed by atoms with E-state index in [4.69, 9.17) is 14.2 Å². The van der Waals surface area contributed by atoms with Gasteiger partial charge in [-0.05, 0) is 51.3 Å². The summed E-state index contributed by atoms with van der Waals surface area (Å²) in [6.07, 6.45) is 1.21. The molecule has 0 saturated carbocycles. The third-order valence-electron chi connectivity index (χ3n) is 4.31. The van der Waals surface area contributed by atoms with Gasteiger partial charge in [0.25, 0.3) is 0 Å². The van der Waals surface area contributed by atoms with Crippen LogP contribution in [0.1, 0.15) is 39.2 Å². The molecule has 0 radical (unpaired) electrons. The van der Waals surface area contributed by atoms with E-state index in [0.29, 0.717) is 25.4 Å². The molecule has 2 heterocycles. The highest BCUT2D eigenvalue weighted by Crippen LogP contribution is 2.32. The number of nitrogens with one attached hydrogen (secondary N) is 2. The number of carbonyl (C=O) groups is 2. The standard InChI is InChI=1S/C19H27N3O5/c1-19(2,3)27-18(24)21-14-5-4-8-22(11-14)17(23)20-10-13-6-7-15-16(9-13)26-12-25-15/h6-7,9,14H,4-5,8,10-12H2,1-3H3,(H,20,23)(H,21,24). The molecule has 1 fully saturated rings. The second-order valence-electron chi connectivity index (χ2n) is 7.78. The molecular weight excluding hydrogens is 350 g/mol. The SMILES string of the molecule is CC(C)(C)OC(=O)NC1CCCN(C(=O)NCc2ccc3c(c2)OCO3)C1. The van der Waals surface area contributed by atoms with E-state index < -0.39 is 11.7 Å². The zero-order chi connectivity index (χ0) is 19.4. The van der Waals surface area contributed by atoms with Crippen LogP contribution >= 0.6 is 0 Å². The van der Waals surface area contributed by atoms with Crippen molar-refractivity contribution in [1.82, 2.24) is 15.5 Å². The molecule has 148 valence electrons. The van der Waals surface area contributed by atoms with Gasteiger partial charge in [-0.2, -0.15) is 0 Å². The Hall–Kier alpha value is -2.64. The van der Waals surface area contributed by atoms with Gasteiger partial charge in [0.05, 0.1) is 0 Å². The van der Waals surface area contributed by atoms with E-state index >= 15 is 0 Å². The average Bonchev–Trinajstić information content (AvgIpc) is 3.06. The number of urea groups is 1. The molecule has 27 heavy (non-hydrogen) atoms. The molecule has 0 aromatic heterocycles. The Morgan fingerprint density at radius 3 is 2.81 bits per heavy atom. The minimum absolute atomic E-state index is 0.107. The number of likely N-dealkylation sites (tertiary alicyclic amines) is 1. The van der Waals surface area contributed by atoms with Gasteiger partial charge in [-0.25, -0.2) is 9.59 Å². The number of benzene rings is 1. The van der Waals surface area contributed by atoms with Crippen LogP contribution in [-0.4, -0.2) is 48.5 Å². The minimum atomic E-state index is -0.541. The second-order valence-corrected chi connectivity index (χ2v) is 7.78. The van der Waals surface area contributed by atoms with Crippen LogP contribution in [0.2, 0.25) is 0 Å². The van der Waals surface area contributed by atoms with Crippen molar-refractivity contribution in [2.45, 2.75) is 51.8 Å². The van der Waals surface area contributed by atoms with E-state index in [1.54, 1.807) is 4.90 Å². The highest BCUT2D eigenvalue weighted by molar-refractivity contribution is 5.74. The van der Waals surface area contributed by atoms with Crippen LogP contribution in [0.3, 0.4) is 0 Å². The molecule has 2 aliphatic rings. The molecule has 1 aromatic carbocycles. The zero-order valence-electron chi connectivity index (χ0n) is 16.0. The number of piperidine rings is 1. The smallest absolute Gasteiger partial charge is 0.407 e. The quantitative estimate of drug-likeness (QED) is 0.845. The number of carbonyl (C=O) groups excluding carboxylic acids is 2. The first-order chi connectivity index (χ1) is 12.8. The van der Waals surface area contributed by atoms with Crippen molar-refractivity contribution in [1.29, 1.82) is 0 Å². The Kier molecular flexibility index (Phi) is 5.62. The number of hydrogen-bond donors (Lipinski definition) is 2. The topological polar surface area (TPSA) is 89.1 Å². The number of ether oxygens (including phenoxy) is 3. The van der Waals surface area contributed by atoms with E-state index in [9.17, 15) is 9.59 Å². The van der Waals surface area contributed by atoms with E-state index in [-0.39, 0.29) is 18.9 Å². The van der Waals surface area contributed by atoms with E-state index in [1.807, 2.05) is 39.0 Å². The molecule has 3 amide bonds. The molecule has 1 aromatic rings. The van der Waals surface area contributed by atoms with E-state index in [2.05, 4.69) is 10.6 Å². The number of rotatable bonds is 3. The van der Waals surface area contributed by atoms with Crippen molar-refractivity contribution >= 4 is 12.1 Å². The first-order valence-electron chi connectivity index (χ1n) is 9.21. The number of hydrogen-bond acceptors (Lipinski definition) is 5. The molecule has 1 saturated heterocycles. The van der Waals surface area contributed by atoms with Gasteiger partial charge in [-0.15, -0.1) is 0 Å². The lowest BCUT2D eigenvalue weighted by Gasteiger charge is -2.33. The zero-order valence-corrected chi connectivity index (χ0v) is 16.0. The van der Waals surface area contributed by atoms with Gasteiger partial charge in [0, 0.05) is 25.7 Å². The van der Waals surface area contributed by atoms with Crippen LogP contribution in [0.15, 0.2) is 18.2 Å². The summed E-state index contributed by atoms with van der Waals surface area (Å²) in [7, 11) is 0. The maximum atomic E-state index is 12.5. The molecule has 2 aliphatic heterocycles.